The lowest BCUT2D eigenvalue weighted by molar-refractivity contribution is -0.453. The van der Waals surface area contributed by atoms with E-state index in [-0.39, 0.29) is 23.2 Å². The van der Waals surface area contributed by atoms with Gasteiger partial charge in [0.05, 0.1) is 31.9 Å². The van der Waals surface area contributed by atoms with E-state index in [4.69, 9.17) is 18.9 Å². The zero-order valence-corrected chi connectivity index (χ0v) is 19.2. The summed E-state index contributed by atoms with van der Waals surface area (Å²) in [5.41, 5.74) is 0.0517. The molecule has 1 aliphatic carbocycles. The van der Waals surface area contributed by atoms with Crippen LogP contribution in [0.25, 0.3) is 0 Å². The Hall–Kier alpha value is -2.68. The van der Waals surface area contributed by atoms with Crippen LogP contribution in [-0.4, -0.2) is 39.6 Å². The maximum Gasteiger partial charge on any atom is 0.543 e. The molecule has 0 aromatic heterocycles. The summed E-state index contributed by atoms with van der Waals surface area (Å²) < 4.78 is 20.9. The molecule has 0 aliphatic heterocycles. The molecule has 0 radical (unpaired) electrons. The van der Waals surface area contributed by atoms with E-state index in [1.807, 2.05) is 0 Å². The fourth-order valence-electron chi connectivity index (χ4n) is 3.72. The van der Waals surface area contributed by atoms with Crippen LogP contribution in [-0.2, 0) is 19.6 Å². The van der Waals surface area contributed by atoms with Crippen LogP contribution >= 0.6 is 0 Å². The maximum atomic E-state index is 12.2. The van der Waals surface area contributed by atoms with E-state index in [1.54, 1.807) is 0 Å². The molecule has 0 amide bonds. The highest BCUT2D eigenvalue weighted by Gasteiger charge is 2.21. The molecule has 0 saturated heterocycles. The number of rotatable bonds is 7. The molecule has 0 spiro atoms. The van der Waals surface area contributed by atoms with Crippen molar-refractivity contribution in [3.63, 3.8) is 0 Å². The standard InChI is InChI=1S/C23H34O9/c1-26-19-15-17(16-20(27-2)21(19)28-3)22(24)30-32-31-23(25)29-18-13-11-9-7-5-4-6-8-10-12-14-18/h15-16,18H,4-14H2,1-3H3. The lowest BCUT2D eigenvalue weighted by atomic mass is 9.99. The molecular weight excluding hydrogens is 420 g/mol. The quantitative estimate of drug-likeness (QED) is 0.298. The predicted molar refractivity (Wildman–Crippen MR) is 115 cm³/mol. The van der Waals surface area contributed by atoms with Crippen molar-refractivity contribution >= 4 is 12.1 Å². The summed E-state index contributed by atoms with van der Waals surface area (Å²) in [5, 5.41) is 4.36. The smallest absolute Gasteiger partial charge is 0.493 e. The second-order valence-corrected chi connectivity index (χ2v) is 7.69. The highest BCUT2D eigenvalue weighted by atomic mass is 17.5. The second-order valence-electron chi connectivity index (χ2n) is 7.69. The molecule has 32 heavy (non-hydrogen) atoms. The zero-order valence-electron chi connectivity index (χ0n) is 19.2. The third-order valence-electron chi connectivity index (χ3n) is 5.43. The van der Waals surface area contributed by atoms with Crippen LogP contribution in [0, 0.1) is 0 Å². The highest BCUT2D eigenvalue weighted by Crippen LogP contribution is 2.38. The van der Waals surface area contributed by atoms with Gasteiger partial charge in [-0.15, -0.1) is 0 Å². The molecule has 1 aromatic rings. The van der Waals surface area contributed by atoms with Gasteiger partial charge in [-0.1, -0.05) is 44.9 Å². The van der Waals surface area contributed by atoms with Gasteiger partial charge in [-0.05, 0) is 37.8 Å². The first-order valence-corrected chi connectivity index (χ1v) is 11.1. The van der Waals surface area contributed by atoms with E-state index in [9.17, 15) is 9.59 Å². The Labute approximate surface area is 189 Å². The Morgan fingerprint density at radius 2 is 1.22 bits per heavy atom. The van der Waals surface area contributed by atoms with Gasteiger partial charge in [-0.2, -0.15) is 0 Å². The molecule has 0 atom stereocenters. The largest absolute Gasteiger partial charge is 0.543 e. The Morgan fingerprint density at radius 3 is 1.69 bits per heavy atom. The van der Waals surface area contributed by atoms with Crippen molar-refractivity contribution in [1.29, 1.82) is 0 Å². The summed E-state index contributed by atoms with van der Waals surface area (Å²) in [4.78, 5) is 33.2. The van der Waals surface area contributed by atoms with Gasteiger partial charge in [-0.3, -0.25) is 4.89 Å². The molecule has 1 saturated carbocycles. The summed E-state index contributed by atoms with van der Waals surface area (Å²) >= 11 is 0. The SMILES string of the molecule is COc1cc(C(=O)OOOC(=O)OC2CCCCCCCCCCC2)cc(OC)c1OC. The first kappa shape index (κ1) is 25.6. The van der Waals surface area contributed by atoms with Crippen molar-refractivity contribution in [3.05, 3.63) is 17.7 Å². The van der Waals surface area contributed by atoms with Gasteiger partial charge in [0.2, 0.25) is 5.75 Å². The third kappa shape index (κ3) is 8.45. The number of hydrogen-bond donors (Lipinski definition) is 0. The van der Waals surface area contributed by atoms with E-state index < -0.39 is 12.1 Å². The number of benzene rings is 1. The molecular formula is C23H34O9. The summed E-state index contributed by atoms with van der Waals surface area (Å²) in [6.45, 7) is 0. The maximum absolute atomic E-state index is 12.2. The first-order chi connectivity index (χ1) is 15.6. The van der Waals surface area contributed by atoms with Crippen LogP contribution in [0.3, 0.4) is 0 Å². The van der Waals surface area contributed by atoms with E-state index >= 15 is 0 Å². The van der Waals surface area contributed by atoms with Crippen molar-refractivity contribution in [3.8, 4) is 17.2 Å². The van der Waals surface area contributed by atoms with Crippen LogP contribution < -0.4 is 14.2 Å². The van der Waals surface area contributed by atoms with E-state index in [0.717, 1.165) is 38.5 Å². The summed E-state index contributed by atoms with van der Waals surface area (Å²) in [7, 11) is 4.29. The average Bonchev–Trinajstić information content (AvgIpc) is 2.79. The molecule has 1 fully saturated rings. The van der Waals surface area contributed by atoms with Crippen LogP contribution in [0.1, 0.15) is 81.0 Å². The van der Waals surface area contributed by atoms with Crippen LogP contribution in [0.15, 0.2) is 12.1 Å². The second kappa shape index (κ2) is 14.4. The Balaban J connectivity index is 1.82. The average molecular weight is 455 g/mol. The van der Waals surface area contributed by atoms with Gasteiger partial charge in [-0.25, -0.2) is 14.5 Å². The Bertz CT molecular complexity index is 682. The zero-order chi connectivity index (χ0) is 23.2. The van der Waals surface area contributed by atoms with Crippen LogP contribution in [0.4, 0.5) is 4.79 Å². The summed E-state index contributed by atoms with van der Waals surface area (Å²) in [5.74, 6) is -0.0596. The molecule has 2 rings (SSSR count). The molecule has 0 heterocycles. The molecule has 1 aromatic carbocycles. The Morgan fingerprint density at radius 1 is 0.719 bits per heavy atom. The van der Waals surface area contributed by atoms with Crippen molar-refractivity contribution < 1.29 is 43.3 Å². The van der Waals surface area contributed by atoms with Gasteiger partial charge in [0.1, 0.15) is 6.10 Å². The lowest BCUT2D eigenvalue weighted by Crippen LogP contribution is -2.20. The van der Waals surface area contributed by atoms with Gasteiger partial charge in [0, 0.05) is 0 Å². The summed E-state index contributed by atoms with van der Waals surface area (Å²) in [6.07, 6.45) is 10.8. The van der Waals surface area contributed by atoms with Crippen LogP contribution in [0.5, 0.6) is 17.2 Å². The minimum Gasteiger partial charge on any atom is -0.493 e. The van der Waals surface area contributed by atoms with E-state index in [0.29, 0.717) is 5.75 Å². The monoisotopic (exact) mass is 454 g/mol. The fraction of sp³-hybridized carbons (Fsp3) is 0.652. The number of methoxy groups -OCH3 is 3. The summed E-state index contributed by atoms with van der Waals surface area (Å²) in [6, 6.07) is 2.77. The molecule has 0 N–H and O–H groups in total. The van der Waals surface area contributed by atoms with Crippen molar-refractivity contribution in [2.45, 2.75) is 76.7 Å². The molecule has 180 valence electrons. The molecule has 9 heteroatoms. The lowest BCUT2D eigenvalue weighted by Gasteiger charge is -2.17. The predicted octanol–water partition coefficient (Wildman–Crippen LogP) is 5.54. The van der Waals surface area contributed by atoms with Gasteiger partial charge < -0.3 is 18.9 Å². The van der Waals surface area contributed by atoms with Crippen LogP contribution in [0.2, 0.25) is 0 Å². The molecule has 0 unspecified atom stereocenters. The fourth-order valence-corrected chi connectivity index (χ4v) is 3.72. The number of carbonyl (C=O) groups excluding carboxylic acids is 2. The molecule has 1 aliphatic rings. The van der Waals surface area contributed by atoms with Crippen molar-refractivity contribution in [1.82, 2.24) is 0 Å². The van der Waals surface area contributed by atoms with Gasteiger partial charge in [0.25, 0.3) is 0 Å². The van der Waals surface area contributed by atoms with E-state index in [1.165, 1.54) is 65.6 Å². The first-order valence-electron chi connectivity index (χ1n) is 11.1. The normalized spacial score (nSPS) is 16.1. The van der Waals surface area contributed by atoms with Crippen molar-refractivity contribution in [2.24, 2.45) is 0 Å². The topological polar surface area (TPSA) is 98.8 Å². The number of hydrogen-bond acceptors (Lipinski definition) is 9. The Kier molecular flexibility index (Phi) is 11.5. The molecule has 9 nitrogen and oxygen atoms in total. The highest BCUT2D eigenvalue weighted by molar-refractivity contribution is 5.90. The van der Waals surface area contributed by atoms with Gasteiger partial charge >= 0.3 is 12.1 Å². The van der Waals surface area contributed by atoms with Crippen molar-refractivity contribution in [2.75, 3.05) is 21.3 Å². The minimum atomic E-state index is -1.04. The van der Waals surface area contributed by atoms with E-state index in [2.05, 4.69) is 14.8 Å². The third-order valence-corrected chi connectivity index (χ3v) is 5.43. The van der Waals surface area contributed by atoms with Gasteiger partial charge in [0.15, 0.2) is 11.5 Å². The molecule has 0 bridgehead atoms. The number of carbonyl (C=O) groups is 2. The minimum absolute atomic E-state index is 0.0517. The number of ether oxygens (including phenoxy) is 4.